The predicted molar refractivity (Wildman–Crippen MR) is 97.4 cm³/mol. The molecule has 1 aromatic heterocycles. The molecule has 0 aromatic carbocycles. The highest BCUT2D eigenvalue weighted by molar-refractivity contribution is 5.67. The van der Waals surface area contributed by atoms with Crippen LogP contribution in [0.25, 0.3) is 0 Å². The molecule has 0 atom stereocenters. The van der Waals surface area contributed by atoms with Gasteiger partial charge < -0.3 is 15.0 Å². The van der Waals surface area contributed by atoms with Gasteiger partial charge in [-0.25, -0.2) is 9.78 Å². The summed E-state index contributed by atoms with van der Waals surface area (Å²) in [4.78, 5) is 18.1. The second kappa shape index (κ2) is 8.18. The van der Waals surface area contributed by atoms with Crippen molar-refractivity contribution >= 4 is 11.9 Å². The first-order valence-electron chi connectivity index (χ1n) is 8.67. The van der Waals surface area contributed by atoms with Crippen LogP contribution in [0.15, 0.2) is 24.3 Å². The van der Waals surface area contributed by atoms with E-state index in [1.165, 1.54) is 12.0 Å². The first-order valence-corrected chi connectivity index (χ1v) is 8.67. The number of anilines is 1. The zero-order valence-corrected chi connectivity index (χ0v) is 15.3. The molecule has 0 fully saturated rings. The van der Waals surface area contributed by atoms with Crippen molar-refractivity contribution in [3.63, 3.8) is 0 Å². The van der Waals surface area contributed by atoms with Crippen molar-refractivity contribution in [3.8, 4) is 0 Å². The monoisotopic (exact) mass is 331 g/mol. The van der Waals surface area contributed by atoms with Crippen molar-refractivity contribution < 1.29 is 9.53 Å². The number of rotatable bonds is 5. The largest absolute Gasteiger partial charge is 0.444 e. The van der Waals surface area contributed by atoms with Crippen molar-refractivity contribution in [2.24, 2.45) is 0 Å². The van der Waals surface area contributed by atoms with Gasteiger partial charge in [-0.2, -0.15) is 0 Å². The lowest BCUT2D eigenvalue weighted by atomic mass is 10.1. The molecule has 1 amide bonds. The van der Waals surface area contributed by atoms with Crippen LogP contribution >= 0.6 is 0 Å². The van der Waals surface area contributed by atoms with Gasteiger partial charge in [0, 0.05) is 32.3 Å². The lowest BCUT2D eigenvalue weighted by Gasteiger charge is -2.24. The second-order valence-corrected chi connectivity index (χ2v) is 7.21. The molecular formula is C19H29N3O2. The van der Waals surface area contributed by atoms with Crippen LogP contribution in [-0.4, -0.2) is 41.7 Å². The Labute approximate surface area is 145 Å². The number of aromatic nitrogens is 1. The summed E-state index contributed by atoms with van der Waals surface area (Å²) in [5, 5.41) is 3.36. The lowest BCUT2D eigenvalue weighted by molar-refractivity contribution is 0.0301. The third-order valence-corrected chi connectivity index (χ3v) is 3.78. The molecule has 0 unspecified atom stereocenters. The van der Waals surface area contributed by atoms with Crippen LogP contribution in [0.3, 0.4) is 0 Å². The van der Waals surface area contributed by atoms with Crippen LogP contribution < -0.4 is 5.32 Å². The maximum Gasteiger partial charge on any atom is 0.410 e. The van der Waals surface area contributed by atoms with Gasteiger partial charge in [0.05, 0.1) is 0 Å². The highest BCUT2D eigenvalue weighted by Gasteiger charge is 2.18. The summed E-state index contributed by atoms with van der Waals surface area (Å²) in [5.74, 6) is 1.04. The van der Waals surface area contributed by atoms with E-state index in [1.54, 1.807) is 11.9 Å². The summed E-state index contributed by atoms with van der Waals surface area (Å²) in [6, 6.07) is 4.27. The number of amides is 1. The van der Waals surface area contributed by atoms with E-state index in [9.17, 15) is 4.79 Å². The van der Waals surface area contributed by atoms with Gasteiger partial charge in [0.15, 0.2) is 0 Å². The molecule has 0 bridgehead atoms. The minimum atomic E-state index is -0.451. The SMILES string of the molecule is CN(CC/C=C\Cc1ccc2c(n1)NCCC2)C(=O)OC(C)(C)C. The number of hydrogen-bond acceptors (Lipinski definition) is 4. The Morgan fingerprint density at radius 2 is 2.17 bits per heavy atom. The number of aryl methyl sites for hydroxylation is 1. The van der Waals surface area contributed by atoms with E-state index in [2.05, 4.69) is 34.6 Å². The van der Waals surface area contributed by atoms with Gasteiger partial charge in [0.2, 0.25) is 0 Å². The first-order chi connectivity index (χ1) is 11.3. The molecule has 132 valence electrons. The summed E-state index contributed by atoms with van der Waals surface area (Å²) >= 11 is 0. The smallest absolute Gasteiger partial charge is 0.410 e. The van der Waals surface area contributed by atoms with E-state index < -0.39 is 5.60 Å². The molecule has 2 heterocycles. The molecule has 0 saturated carbocycles. The lowest BCUT2D eigenvalue weighted by Crippen LogP contribution is -2.34. The van der Waals surface area contributed by atoms with Gasteiger partial charge in [-0.1, -0.05) is 18.2 Å². The molecule has 24 heavy (non-hydrogen) atoms. The fraction of sp³-hybridized carbons (Fsp3) is 0.579. The fourth-order valence-electron chi connectivity index (χ4n) is 2.50. The molecule has 1 N–H and O–H groups in total. The quantitative estimate of drug-likeness (QED) is 0.834. The fourth-order valence-corrected chi connectivity index (χ4v) is 2.50. The number of nitrogens with zero attached hydrogens (tertiary/aromatic N) is 2. The van der Waals surface area contributed by atoms with Crippen LogP contribution in [0.1, 0.15) is 44.9 Å². The van der Waals surface area contributed by atoms with E-state index >= 15 is 0 Å². The number of carbonyl (C=O) groups is 1. The van der Waals surface area contributed by atoms with Crippen molar-refractivity contribution in [1.82, 2.24) is 9.88 Å². The molecule has 0 radical (unpaired) electrons. The average Bonchev–Trinajstić information content (AvgIpc) is 2.52. The maximum atomic E-state index is 11.8. The van der Waals surface area contributed by atoms with Crippen LogP contribution in [-0.2, 0) is 17.6 Å². The number of pyridine rings is 1. The molecular weight excluding hydrogens is 302 g/mol. The average molecular weight is 331 g/mol. The van der Waals surface area contributed by atoms with Gasteiger partial charge in [0.1, 0.15) is 11.4 Å². The van der Waals surface area contributed by atoms with E-state index in [0.717, 1.165) is 37.3 Å². The molecule has 2 rings (SSSR count). The number of allylic oxidation sites excluding steroid dienone is 1. The van der Waals surface area contributed by atoms with Crippen LogP contribution in [0.4, 0.5) is 10.6 Å². The highest BCUT2D eigenvalue weighted by atomic mass is 16.6. The molecule has 1 aromatic rings. The van der Waals surface area contributed by atoms with Crippen LogP contribution in [0.2, 0.25) is 0 Å². The standard InChI is InChI=1S/C19H29N3O2/c1-19(2,3)24-18(23)22(4)14-7-5-6-10-16-12-11-15-9-8-13-20-17(15)21-16/h5-6,11-12H,7-10,13-14H2,1-4H3,(H,20,21)/b6-5-. The Morgan fingerprint density at radius 3 is 2.92 bits per heavy atom. The highest BCUT2D eigenvalue weighted by Crippen LogP contribution is 2.19. The van der Waals surface area contributed by atoms with E-state index in [1.807, 2.05) is 20.8 Å². The molecule has 1 aliphatic heterocycles. The van der Waals surface area contributed by atoms with Gasteiger partial charge >= 0.3 is 6.09 Å². The summed E-state index contributed by atoms with van der Waals surface area (Å²) in [7, 11) is 1.76. The van der Waals surface area contributed by atoms with E-state index in [0.29, 0.717) is 6.54 Å². The normalized spacial score (nSPS) is 14.2. The predicted octanol–water partition coefficient (Wildman–Crippen LogP) is 3.80. The third kappa shape index (κ3) is 5.87. The summed E-state index contributed by atoms with van der Waals surface area (Å²) in [5.41, 5.74) is 1.93. The zero-order chi connectivity index (χ0) is 17.6. The second-order valence-electron chi connectivity index (χ2n) is 7.21. The van der Waals surface area contributed by atoms with Crippen molar-refractivity contribution in [2.75, 3.05) is 25.5 Å². The Kier molecular flexibility index (Phi) is 6.23. The van der Waals surface area contributed by atoms with Crippen molar-refractivity contribution in [1.29, 1.82) is 0 Å². The van der Waals surface area contributed by atoms with Crippen molar-refractivity contribution in [2.45, 2.75) is 52.1 Å². The third-order valence-electron chi connectivity index (χ3n) is 3.78. The Morgan fingerprint density at radius 1 is 1.38 bits per heavy atom. The van der Waals surface area contributed by atoms with Crippen LogP contribution in [0.5, 0.6) is 0 Å². The van der Waals surface area contributed by atoms with Crippen LogP contribution in [0, 0.1) is 0 Å². The number of ether oxygens (including phenoxy) is 1. The molecule has 5 heteroatoms. The van der Waals surface area contributed by atoms with Gasteiger partial charge in [-0.15, -0.1) is 0 Å². The summed E-state index contributed by atoms with van der Waals surface area (Å²) in [6.45, 7) is 7.28. The summed E-state index contributed by atoms with van der Waals surface area (Å²) < 4.78 is 5.32. The Bertz CT molecular complexity index is 591. The number of fused-ring (bicyclic) bond motifs is 1. The summed E-state index contributed by atoms with van der Waals surface area (Å²) in [6.07, 6.45) is 7.83. The minimum absolute atomic E-state index is 0.279. The van der Waals surface area contributed by atoms with E-state index in [-0.39, 0.29) is 6.09 Å². The molecule has 0 saturated heterocycles. The molecule has 0 spiro atoms. The van der Waals surface area contributed by atoms with Crippen molar-refractivity contribution in [3.05, 3.63) is 35.5 Å². The molecule has 0 aliphatic carbocycles. The first kappa shape index (κ1) is 18.3. The topological polar surface area (TPSA) is 54.5 Å². The number of nitrogens with one attached hydrogen (secondary N) is 1. The zero-order valence-electron chi connectivity index (χ0n) is 15.3. The molecule has 5 nitrogen and oxygen atoms in total. The van der Waals surface area contributed by atoms with Gasteiger partial charge in [-0.05, 0) is 51.7 Å². The van der Waals surface area contributed by atoms with Gasteiger partial charge in [-0.3, -0.25) is 0 Å². The number of carbonyl (C=O) groups excluding carboxylic acids is 1. The molecule has 1 aliphatic rings. The van der Waals surface area contributed by atoms with E-state index in [4.69, 9.17) is 4.74 Å². The number of hydrogen-bond donors (Lipinski definition) is 1. The van der Waals surface area contributed by atoms with Gasteiger partial charge in [0.25, 0.3) is 0 Å². The Hall–Kier alpha value is -2.04. The Balaban J connectivity index is 1.74. The minimum Gasteiger partial charge on any atom is -0.444 e. The maximum absolute atomic E-state index is 11.8.